The number of hydrogen-bond acceptors (Lipinski definition) is 5. The molecule has 1 saturated heterocycles. The van der Waals surface area contributed by atoms with Crippen LogP contribution in [0.4, 0.5) is 10.6 Å². The summed E-state index contributed by atoms with van der Waals surface area (Å²) in [6.07, 6.45) is 3.79. The molecule has 8 heteroatoms. The van der Waals surface area contributed by atoms with Gasteiger partial charge in [0.2, 0.25) is 0 Å². The second-order valence-electron chi connectivity index (χ2n) is 10.6. The highest BCUT2D eigenvalue weighted by molar-refractivity contribution is 6.76. The first-order valence-electron chi connectivity index (χ1n) is 11.2. The Labute approximate surface area is 187 Å². The average Bonchev–Trinajstić information content (AvgIpc) is 3.08. The molecule has 0 spiro atoms. The summed E-state index contributed by atoms with van der Waals surface area (Å²) < 4.78 is 13.6. The first-order valence-corrected chi connectivity index (χ1v) is 14.9. The second kappa shape index (κ2) is 9.20. The molecule has 1 amide bonds. The number of fused-ring (bicyclic) bond motifs is 1. The van der Waals surface area contributed by atoms with Crippen molar-refractivity contribution in [3.63, 3.8) is 0 Å². The average molecular weight is 447 g/mol. The van der Waals surface area contributed by atoms with Gasteiger partial charge >= 0.3 is 6.09 Å². The maximum absolute atomic E-state index is 12.3. The molecule has 1 aliphatic rings. The number of aryl methyl sites for hydroxylation is 1. The maximum Gasteiger partial charge on any atom is 0.410 e. The SMILES string of the molecule is Cc1c(N2CCN(C(=O)OC(C)(C)C)CC2)ncc2c1ccn2COCC[Si](C)(C)C. The third kappa shape index (κ3) is 6.23. The van der Waals surface area contributed by atoms with E-state index in [1.165, 1.54) is 17.0 Å². The topological polar surface area (TPSA) is 59.8 Å². The Hall–Kier alpha value is -2.06. The van der Waals surface area contributed by atoms with Crippen molar-refractivity contribution in [1.82, 2.24) is 14.5 Å². The molecule has 0 unspecified atom stereocenters. The lowest BCUT2D eigenvalue weighted by molar-refractivity contribution is 0.0240. The minimum absolute atomic E-state index is 0.238. The number of pyridine rings is 1. The van der Waals surface area contributed by atoms with Crippen LogP contribution in [-0.4, -0.2) is 67.0 Å². The van der Waals surface area contributed by atoms with Gasteiger partial charge in [-0.25, -0.2) is 9.78 Å². The van der Waals surface area contributed by atoms with Gasteiger partial charge in [-0.05, 0) is 39.8 Å². The molecule has 172 valence electrons. The molecular weight excluding hydrogens is 408 g/mol. The van der Waals surface area contributed by atoms with Gasteiger partial charge in [0.1, 0.15) is 18.1 Å². The van der Waals surface area contributed by atoms with E-state index >= 15 is 0 Å². The molecule has 1 fully saturated rings. The molecule has 3 rings (SSSR count). The monoisotopic (exact) mass is 446 g/mol. The molecular formula is C23H38N4O3Si. The molecule has 7 nitrogen and oxygen atoms in total. The normalized spacial score (nSPS) is 15.6. The summed E-state index contributed by atoms with van der Waals surface area (Å²) in [6.45, 7) is 19.1. The predicted molar refractivity (Wildman–Crippen MR) is 129 cm³/mol. The molecule has 0 radical (unpaired) electrons. The van der Waals surface area contributed by atoms with Crippen LogP contribution in [-0.2, 0) is 16.2 Å². The maximum atomic E-state index is 12.3. The zero-order valence-corrected chi connectivity index (χ0v) is 21.2. The smallest absolute Gasteiger partial charge is 0.410 e. The zero-order valence-electron chi connectivity index (χ0n) is 20.2. The number of ether oxygens (including phenoxy) is 2. The summed E-state index contributed by atoms with van der Waals surface area (Å²) in [6, 6.07) is 3.32. The molecule has 0 bridgehead atoms. The van der Waals surface area contributed by atoms with Crippen LogP contribution < -0.4 is 4.90 Å². The van der Waals surface area contributed by atoms with E-state index in [9.17, 15) is 4.79 Å². The molecule has 31 heavy (non-hydrogen) atoms. The molecule has 0 N–H and O–H groups in total. The quantitative estimate of drug-likeness (QED) is 0.475. The van der Waals surface area contributed by atoms with Gasteiger partial charge in [0.15, 0.2) is 0 Å². The van der Waals surface area contributed by atoms with E-state index in [2.05, 4.69) is 48.3 Å². The van der Waals surface area contributed by atoms with Crippen molar-refractivity contribution in [1.29, 1.82) is 0 Å². The molecule has 2 aromatic rings. The van der Waals surface area contributed by atoms with E-state index in [-0.39, 0.29) is 6.09 Å². The molecule has 1 aliphatic heterocycles. The van der Waals surface area contributed by atoms with Crippen molar-refractivity contribution < 1.29 is 14.3 Å². The highest BCUT2D eigenvalue weighted by Crippen LogP contribution is 2.28. The summed E-state index contributed by atoms with van der Waals surface area (Å²) in [5.74, 6) is 0.994. The lowest BCUT2D eigenvalue weighted by atomic mass is 10.1. The molecule has 3 heterocycles. The number of rotatable bonds is 6. The highest BCUT2D eigenvalue weighted by atomic mass is 28.3. The lowest BCUT2D eigenvalue weighted by Gasteiger charge is -2.36. The first-order chi connectivity index (χ1) is 14.4. The number of hydrogen-bond donors (Lipinski definition) is 0. The van der Waals surface area contributed by atoms with Gasteiger partial charge in [0.25, 0.3) is 0 Å². The minimum atomic E-state index is -1.08. The number of aromatic nitrogens is 2. The third-order valence-corrected chi connectivity index (χ3v) is 7.22. The van der Waals surface area contributed by atoms with Gasteiger partial charge in [0.05, 0.1) is 11.7 Å². The Morgan fingerprint density at radius 3 is 2.45 bits per heavy atom. The molecule has 0 aliphatic carbocycles. The highest BCUT2D eigenvalue weighted by Gasteiger charge is 2.27. The third-order valence-electron chi connectivity index (χ3n) is 5.51. The Morgan fingerprint density at radius 2 is 1.84 bits per heavy atom. The number of amides is 1. The second-order valence-corrected chi connectivity index (χ2v) is 16.2. The summed E-state index contributed by atoms with van der Waals surface area (Å²) in [5, 5.41) is 1.20. The van der Waals surface area contributed by atoms with E-state index in [0.29, 0.717) is 19.8 Å². The van der Waals surface area contributed by atoms with Gasteiger partial charge in [-0.1, -0.05) is 19.6 Å². The van der Waals surface area contributed by atoms with Gasteiger partial charge < -0.3 is 23.8 Å². The van der Waals surface area contributed by atoms with Crippen LogP contribution in [0.25, 0.3) is 10.9 Å². The van der Waals surface area contributed by atoms with Crippen LogP contribution in [0.1, 0.15) is 26.3 Å². The molecule has 2 aromatic heterocycles. The van der Waals surface area contributed by atoms with E-state index in [0.717, 1.165) is 31.0 Å². The van der Waals surface area contributed by atoms with Crippen LogP contribution in [0.3, 0.4) is 0 Å². The Kier molecular flexibility index (Phi) is 7.00. The summed E-state index contributed by atoms with van der Waals surface area (Å²) in [5.41, 5.74) is 1.80. The first kappa shape index (κ1) is 23.6. The predicted octanol–water partition coefficient (Wildman–Crippen LogP) is 4.71. The fourth-order valence-electron chi connectivity index (χ4n) is 3.69. The molecule has 0 saturated carbocycles. The zero-order chi connectivity index (χ0) is 22.8. The van der Waals surface area contributed by atoms with Crippen LogP contribution in [0.5, 0.6) is 0 Å². The van der Waals surface area contributed by atoms with E-state index < -0.39 is 13.7 Å². The van der Waals surface area contributed by atoms with Crippen LogP contribution in [0.2, 0.25) is 25.7 Å². The standard InChI is InChI=1S/C23H38N4O3Si/c1-18-19-8-9-27(17-29-14-15-31(5,6)7)20(19)16-24-21(18)25-10-12-26(13-11-25)22(28)30-23(2,3)4/h8-9,16H,10-15,17H2,1-7H3. The lowest BCUT2D eigenvalue weighted by Crippen LogP contribution is -2.50. The van der Waals surface area contributed by atoms with Crippen molar-refractivity contribution in [2.24, 2.45) is 0 Å². The van der Waals surface area contributed by atoms with Crippen LogP contribution >= 0.6 is 0 Å². The van der Waals surface area contributed by atoms with Crippen molar-refractivity contribution in [2.75, 3.05) is 37.7 Å². The van der Waals surface area contributed by atoms with Crippen molar-refractivity contribution in [3.8, 4) is 0 Å². The fraction of sp³-hybridized carbons (Fsp3) is 0.652. The van der Waals surface area contributed by atoms with Gasteiger partial charge in [0, 0.05) is 58.0 Å². The van der Waals surface area contributed by atoms with E-state index in [4.69, 9.17) is 14.5 Å². The number of carbonyl (C=O) groups is 1. The Bertz CT molecular complexity index is 906. The molecule has 0 aromatic carbocycles. The Balaban J connectivity index is 1.63. The summed E-state index contributed by atoms with van der Waals surface area (Å²) in [7, 11) is -1.08. The van der Waals surface area contributed by atoms with Crippen LogP contribution in [0.15, 0.2) is 18.5 Å². The van der Waals surface area contributed by atoms with Crippen molar-refractivity contribution in [2.45, 2.75) is 65.7 Å². The number of piperazine rings is 1. The van der Waals surface area contributed by atoms with Crippen molar-refractivity contribution in [3.05, 3.63) is 24.0 Å². The molecule has 0 atom stereocenters. The van der Waals surface area contributed by atoms with E-state index in [1.807, 2.05) is 27.0 Å². The fourth-order valence-corrected chi connectivity index (χ4v) is 4.44. The van der Waals surface area contributed by atoms with Crippen LogP contribution in [0, 0.1) is 6.92 Å². The van der Waals surface area contributed by atoms with Gasteiger partial charge in [-0.3, -0.25) is 0 Å². The minimum Gasteiger partial charge on any atom is -0.444 e. The number of anilines is 1. The van der Waals surface area contributed by atoms with Crippen molar-refractivity contribution >= 4 is 30.9 Å². The van der Waals surface area contributed by atoms with E-state index in [1.54, 1.807) is 4.90 Å². The number of nitrogens with zero attached hydrogens (tertiary/aromatic N) is 4. The Morgan fingerprint density at radius 1 is 1.16 bits per heavy atom. The van der Waals surface area contributed by atoms with Gasteiger partial charge in [-0.15, -0.1) is 0 Å². The number of carbonyl (C=O) groups excluding carboxylic acids is 1. The van der Waals surface area contributed by atoms with Gasteiger partial charge in [-0.2, -0.15) is 0 Å². The summed E-state index contributed by atoms with van der Waals surface area (Å²) >= 11 is 0. The largest absolute Gasteiger partial charge is 0.444 e. The summed E-state index contributed by atoms with van der Waals surface area (Å²) in [4.78, 5) is 21.1.